The van der Waals surface area contributed by atoms with Crippen molar-refractivity contribution >= 4 is 38.6 Å². The van der Waals surface area contributed by atoms with E-state index in [1.807, 2.05) is 6.92 Å². The number of hydrogen-bond donors (Lipinski definition) is 1. The van der Waals surface area contributed by atoms with E-state index in [1.54, 1.807) is 19.2 Å². The second kappa shape index (κ2) is 5.92. The lowest BCUT2D eigenvalue weighted by atomic mass is 10.2. The summed E-state index contributed by atoms with van der Waals surface area (Å²) in [6, 6.07) is 2.97. The van der Waals surface area contributed by atoms with E-state index in [2.05, 4.69) is 4.98 Å². The van der Waals surface area contributed by atoms with E-state index in [1.165, 1.54) is 28.8 Å². The fourth-order valence-electron chi connectivity index (χ4n) is 1.82. The van der Waals surface area contributed by atoms with Crippen LogP contribution in [0.1, 0.15) is 15.4 Å². The molecule has 0 aliphatic rings. The Morgan fingerprint density at radius 1 is 1.38 bits per heavy atom. The van der Waals surface area contributed by atoms with Crippen LogP contribution in [0.15, 0.2) is 23.2 Å². The molecule has 0 fully saturated rings. The number of nitrogens with two attached hydrogens (primary N) is 1. The van der Waals surface area contributed by atoms with Gasteiger partial charge in [0, 0.05) is 30.4 Å². The highest BCUT2D eigenvalue weighted by Crippen LogP contribution is 2.29. The number of sulfonamides is 1. The fourth-order valence-corrected chi connectivity index (χ4v) is 4.48. The molecule has 0 atom stereocenters. The summed E-state index contributed by atoms with van der Waals surface area (Å²) in [6.45, 7) is 3.90. The van der Waals surface area contributed by atoms with Gasteiger partial charge < -0.3 is 5.73 Å². The number of nitrogen functional groups attached to an aromatic ring is 1. The first kappa shape index (κ1) is 16.2. The number of halogens is 1. The minimum absolute atomic E-state index is 0.0241. The molecule has 0 saturated carbocycles. The van der Waals surface area contributed by atoms with Crippen LogP contribution in [0, 0.1) is 13.8 Å². The standard InChI is InChI=1S/C13H16ClN3O2S2/c1-8-4-11(14)13(5-12(8)15)21(18,19)17(3)7-10-6-16-9(2)20-10/h4-6H,7,15H2,1-3H3. The first-order valence-corrected chi connectivity index (χ1v) is 8.78. The molecule has 5 nitrogen and oxygen atoms in total. The maximum atomic E-state index is 12.6. The summed E-state index contributed by atoms with van der Waals surface area (Å²) in [5.74, 6) is 0. The Hall–Kier alpha value is -1.15. The van der Waals surface area contributed by atoms with Crippen LogP contribution in [0.25, 0.3) is 0 Å². The lowest BCUT2D eigenvalue weighted by Crippen LogP contribution is -2.26. The van der Waals surface area contributed by atoms with Crippen molar-refractivity contribution in [3.63, 3.8) is 0 Å². The summed E-state index contributed by atoms with van der Waals surface area (Å²) >= 11 is 7.53. The summed E-state index contributed by atoms with van der Waals surface area (Å²) in [6.07, 6.45) is 1.68. The number of hydrogen-bond acceptors (Lipinski definition) is 5. The molecule has 8 heteroatoms. The summed E-state index contributed by atoms with van der Waals surface area (Å²) < 4.78 is 26.4. The molecule has 1 aromatic heterocycles. The van der Waals surface area contributed by atoms with E-state index < -0.39 is 10.0 Å². The molecular formula is C13H16ClN3O2S2. The molecule has 114 valence electrons. The van der Waals surface area contributed by atoms with E-state index in [-0.39, 0.29) is 16.5 Å². The summed E-state index contributed by atoms with van der Waals surface area (Å²) in [5, 5.41) is 1.07. The van der Waals surface area contributed by atoms with Gasteiger partial charge in [-0.3, -0.25) is 0 Å². The van der Waals surface area contributed by atoms with Gasteiger partial charge in [-0.1, -0.05) is 11.6 Å². The number of rotatable bonds is 4. The third kappa shape index (κ3) is 3.37. The predicted molar refractivity (Wildman–Crippen MR) is 86.1 cm³/mol. The largest absolute Gasteiger partial charge is 0.398 e. The van der Waals surface area contributed by atoms with Gasteiger partial charge in [0.15, 0.2) is 0 Å². The Balaban J connectivity index is 2.35. The normalized spacial score (nSPS) is 12.0. The maximum absolute atomic E-state index is 12.6. The molecule has 0 unspecified atom stereocenters. The smallest absolute Gasteiger partial charge is 0.244 e. The van der Waals surface area contributed by atoms with Crippen LogP contribution in [0.4, 0.5) is 5.69 Å². The fraction of sp³-hybridized carbons (Fsp3) is 0.308. The van der Waals surface area contributed by atoms with Gasteiger partial charge >= 0.3 is 0 Å². The Morgan fingerprint density at radius 2 is 2.05 bits per heavy atom. The van der Waals surface area contributed by atoms with Crippen LogP contribution < -0.4 is 5.73 Å². The molecule has 1 aromatic carbocycles. The van der Waals surface area contributed by atoms with Crippen molar-refractivity contribution in [1.82, 2.24) is 9.29 Å². The van der Waals surface area contributed by atoms with Crippen molar-refractivity contribution in [2.45, 2.75) is 25.3 Å². The topological polar surface area (TPSA) is 76.3 Å². The molecule has 2 aromatic rings. The molecule has 0 aliphatic carbocycles. The first-order chi connectivity index (χ1) is 9.71. The summed E-state index contributed by atoms with van der Waals surface area (Å²) in [4.78, 5) is 5.01. The third-order valence-electron chi connectivity index (χ3n) is 3.06. The highest BCUT2D eigenvalue weighted by Gasteiger charge is 2.25. The predicted octanol–water partition coefficient (Wildman–Crippen LogP) is 2.82. The molecule has 0 spiro atoms. The van der Waals surface area contributed by atoms with Crippen molar-refractivity contribution in [3.8, 4) is 0 Å². The number of anilines is 1. The van der Waals surface area contributed by atoms with Crippen LogP contribution in [-0.2, 0) is 16.6 Å². The molecule has 0 radical (unpaired) electrons. The zero-order chi connectivity index (χ0) is 15.8. The van der Waals surface area contributed by atoms with Crippen LogP contribution in [0.2, 0.25) is 5.02 Å². The average molecular weight is 346 g/mol. The minimum atomic E-state index is -3.70. The number of aryl methyl sites for hydroxylation is 2. The van der Waals surface area contributed by atoms with Crippen molar-refractivity contribution in [2.24, 2.45) is 0 Å². The van der Waals surface area contributed by atoms with E-state index in [0.717, 1.165) is 15.4 Å². The van der Waals surface area contributed by atoms with Crippen molar-refractivity contribution in [2.75, 3.05) is 12.8 Å². The van der Waals surface area contributed by atoms with Crippen LogP contribution >= 0.6 is 22.9 Å². The number of benzene rings is 1. The molecule has 0 aliphatic heterocycles. The quantitative estimate of drug-likeness (QED) is 0.864. The molecule has 0 bridgehead atoms. The van der Waals surface area contributed by atoms with Gasteiger partial charge in [-0.15, -0.1) is 11.3 Å². The molecule has 0 saturated heterocycles. The highest BCUT2D eigenvalue weighted by atomic mass is 35.5. The number of nitrogens with zero attached hydrogens (tertiary/aromatic N) is 2. The molecular weight excluding hydrogens is 330 g/mol. The summed E-state index contributed by atoms with van der Waals surface area (Å²) in [7, 11) is -2.19. The molecule has 0 amide bonds. The van der Waals surface area contributed by atoms with Gasteiger partial charge in [0.1, 0.15) is 4.90 Å². The van der Waals surface area contributed by atoms with Crippen LogP contribution in [-0.4, -0.2) is 24.8 Å². The maximum Gasteiger partial charge on any atom is 0.244 e. The van der Waals surface area contributed by atoms with Crippen molar-refractivity contribution in [3.05, 3.63) is 38.8 Å². The lowest BCUT2D eigenvalue weighted by molar-refractivity contribution is 0.469. The second-order valence-corrected chi connectivity index (χ2v) is 8.49. The molecule has 1 heterocycles. The Bertz CT molecular complexity index is 772. The molecule has 2 N–H and O–H groups in total. The average Bonchev–Trinajstić information content (AvgIpc) is 2.79. The van der Waals surface area contributed by atoms with Crippen molar-refractivity contribution in [1.29, 1.82) is 0 Å². The van der Waals surface area contributed by atoms with Gasteiger partial charge in [0.25, 0.3) is 0 Å². The van der Waals surface area contributed by atoms with Gasteiger partial charge in [0.2, 0.25) is 10.0 Å². The van der Waals surface area contributed by atoms with Crippen molar-refractivity contribution < 1.29 is 8.42 Å². The number of thiazole rings is 1. The Labute approximate surface area is 133 Å². The van der Waals surface area contributed by atoms with E-state index in [9.17, 15) is 8.42 Å². The zero-order valence-corrected chi connectivity index (χ0v) is 14.3. The lowest BCUT2D eigenvalue weighted by Gasteiger charge is -2.18. The SMILES string of the molecule is Cc1ncc(CN(C)S(=O)(=O)c2cc(N)c(C)cc2Cl)s1. The van der Waals surface area contributed by atoms with Crippen LogP contribution in [0.3, 0.4) is 0 Å². The van der Waals surface area contributed by atoms with Gasteiger partial charge in [-0.05, 0) is 31.5 Å². The monoisotopic (exact) mass is 345 g/mol. The second-order valence-electron chi connectivity index (χ2n) is 4.75. The van der Waals surface area contributed by atoms with E-state index >= 15 is 0 Å². The van der Waals surface area contributed by atoms with Gasteiger partial charge in [0.05, 0.1) is 10.0 Å². The first-order valence-electron chi connectivity index (χ1n) is 6.15. The van der Waals surface area contributed by atoms with E-state index in [0.29, 0.717) is 5.69 Å². The van der Waals surface area contributed by atoms with E-state index in [4.69, 9.17) is 17.3 Å². The number of aromatic nitrogens is 1. The molecule has 21 heavy (non-hydrogen) atoms. The third-order valence-corrected chi connectivity index (χ3v) is 6.22. The van der Waals surface area contributed by atoms with Crippen LogP contribution in [0.5, 0.6) is 0 Å². The zero-order valence-electron chi connectivity index (χ0n) is 11.9. The highest BCUT2D eigenvalue weighted by molar-refractivity contribution is 7.89. The Morgan fingerprint density at radius 3 is 2.62 bits per heavy atom. The summed E-state index contributed by atoms with van der Waals surface area (Å²) in [5.41, 5.74) is 6.95. The van der Waals surface area contributed by atoms with Gasteiger partial charge in [-0.25, -0.2) is 13.4 Å². The Kier molecular flexibility index (Phi) is 4.57. The van der Waals surface area contributed by atoms with Gasteiger partial charge in [-0.2, -0.15) is 4.31 Å². The molecule has 2 rings (SSSR count). The minimum Gasteiger partial charge on any atom is -0.398 e.